The van der Waals surface area contributed by atoms with E-state index < -0.39 is 0 Å². The van der Waals surface area contributed by atoms with Gasteiger partial charge >= 0.3 is 0 Å². The molecule has 8 heteroatoms. The van der Waals surface area contributed by atoms with Gasteiger partial charge in [0.25, 0.3) is 0 Å². The Labute approximate surface area is 171 Å². The molecule has 0 aliphatic rings. The van der Waals surface area contributed by atoms with Gasteiger partial charge in [0, 0.05) is 49.9 Å². The molecular weight excluding hydrogens is 447 g/mol. The number of hydrogen-bond donors (Lipinski definition) is 2. The first-order valence-corrected chi connectivity index (χ1v) is 9.25. The van der Waals surface area contributed by atoms with Crippen LogP contribution in [0.3, 0.4) is 0 Å². The van der Waals surface area contributed by atoms with Gasteiger partial charge in [-0.15, -0.1) is 35.3 Å². The van der Waals surface area contributed by atoms with Crippen LogP contribution in [0.25, 0.3) is 0 Å². The second-order valence-corrected chi connectivity index (χ2v) is 7.14. The van der Waals surface area contributed by atoms with E-state index in [1.54, 1.807) is 11.3 Å². The van der Waals surface area contributed by atoms with Crippen molar-refractivity contribution in [3.63, 3.8) is 0 Å². The average Bonchev–Trinajstić information content (AvgIpc) is 3.05. The molecule has 2 aromatic rings. The second kappa shape index (κ2) is 10.7. The number of hydrogen-bond acceptors (Lipinski definition) is 4. The van der Waals surface area contributed by atoms with Crippen molar-refractivity contribution in [1.82, 2.24) is 25.4 Å². The molecule has 0 unspecified atom stereocenters. The van der Waals surface area contributed by atoms with Gasteiger partial charge in [0.2, 0.25) is 0 Å². The molecule has 2 heterocycles. The predicted octanol–water partition coefficient (Wildman–Crippen LogP) is 2.76. The summed E-state index contributed by atoms with van der Waals surface area (Å²) in [5, 5.41) is 12.3. The Morgan fingerprint density at radius 2 is 2.00 bits per heavy atom. The largest absolute Gasteiger partial charge is 0.357 e. The Morgan fingerprint density at radius 3 is 2.56 bits per heavy atom. The number of nitrogens with zero attached hydrogens (tertiary/aromatic N) is 4. The Hall–Kier alpha value is -1.16. The van der Waals surface area contributed by atoms with Gasteiger partial charge in [0.05, 0.1) is 10.7 Å². The lowest BCUT2D eigenvalue weighted by Gasteiger charge is -2.11. The number of aromatic nitrogens is 3. The van der Waals surface area contributed by atoms with E-state index >= 15 is 0 Å². The summed E-state index contributed by atoms with van der Waals surface area (Å²) in [6, 6.07) is 0. The summed E-state index contributed by atoms with van der Waals surface area (Å²) in [6.07, 6.45) is 3.75. The second-order valence-electron chi connectivity index (χ2n) is 5.83. The van der Waals surface area contributed by atoms with Gasteiger partial charge in [0.15, 0.2) is 5.96 Å². The Morgan fingerprint density at radius 1 is 1.24 bits per heavy atom. The summed E-state index contributed by atoms with van der Waals surface area (Å²) in [6.45, 7) is 10.8. The van der Waals surface area contributed by atoms with Crippen LogP contribution in [0.15, 0.2) is 11.2 Å². The topological polar surface area (TPSA) is 67.1 Å². The molecule has 25 heavy (non-hydrogen) atoms. The summed E-state index contributed by atoms with van der Waals surface area (Å²) in [5.41, 5.74) is 3.66. The highest BCUT2D eigenvalue weighted by molar-refractivity contribution is 14.0. The molecule has 0 radical (unpaired) electrons. The monoisotopic (exact) mass is 476 g/mol. The number of halogens is 1. The van der Waals surface area contributed by atoms with Crippen molar-refractivity contribution in [2.45, 2.75) is 40.5 Å². The molecule has 2 rings (SSSR count). The van der Waals surface area contributed by atoms with Gasteiger partial charge in [-0.2, -0.15) is 5.10 Å². The van der Waals surface area contributed by atoms with E-state index in [0.717, 1.165) is 49.1 Å². The number of aliphatic imine (C=N–C) groups is 1. The fourth-order valence-corrected chi connectivity index (χ4v) is 3.38. The molecule has 0 fully saturated rings. The first-order chi connectivity index (χ1) is 11.5. The molecular formula is C17H29IN6S. The number of guanidine groups is 1. The van der Waals surface area contributed by atoms with Gasteiger partial charge in [0.1, 0.15) is 0 Å². The van der Waals surface area contributed by atoms with E-state index in [4.69, 9.17) is 0 Å². The maximum Gasteiger partial charge on any atom is 0.191 e. The summed E-state index contributed by atoms with van der Waals surface area (Å²) >= 11 is 1.74. The maximum absolute atomic E-state index is 4.64. The fraction of sp³-hybridized carbons (Fsp3) is 0.588. The van der Waals surface area contributed by atoms with Crippen molar-refractivity contribution in [3.8, 4) is 0 Å². The number of nitrogens with one attached hydrogen (secondary N) is 2. The standard InChI is InChI=1S/C17H28N6S.HI/c1-6-18-17(20-10-8-16-21-11-12(2)24-16)19-9-7-15-13(3)22-23(5)14(15)4;/h11H,6-10H2,1-5H3,(H2,18,19,20);1H. The Kier molecular flexibility index (Phi) is 9.41. The van der Waals surface area contributed by atoms with Crippen LogP contribution < -0.4 is 10.6 Å². The predicted molar refractivity (Wildman–Crippen MR) is 116 cm³/mol. The normalized spacial score (nSPS) is 11.3. The van der Waals surface area contributed by atoms with Gasteiger partial charge in [-0.25, -0.2) is 4.98 Å². The van der Waals surface area contributed by atoms with E-state index in [2.05, 4.69) is 53.4 Å². The zero-order chi connectivity index (χ0) is 17.5. The van der Waals surface area contributed by atoms with Crippen LogP contribution in [-0.4, -0.2) is 40.4 Å². The lowest BCUT2D eigenvalue weighted by Crippen LogP contribution is -2.38. The molecule has 0 aromatic carbocycles. The van der Waals surface area contributed by atoms with E-state index in [9.17, 15) is 0 Å². The van der Waals surface area contributed by atoms with Crippen molar-refractivity contribution in [1.29, 1.82) is 0 Å². The summed E-state index contributed by atoms with van der Waals surface area (Å²) in [4.78, 5) is 10.3. The minimum atomic E-state index is 0. The molecule has 0 aliphatic heterocycles. The molecule has 0 spiro atoms. The van der Waals surface area contributed by atoms with Crippen LogP contribution >= 0.6 is 35.3 Å². The van der Waals surface area contributed by atoms with Crippen molar-refractivity contribution >= 4 is 41.3 Å². The van der Waals surface area contributed by atoms with Gasteiger partial charge in [-0.05, 0) is 39.7 Å². The van der Waals surface area contributed by atoms with Crippen LogP contribution in [0.1, 0.15) is 33.8 Å². The molecule has 2 aromatic heterocycles. The van der Waals surface area contributed by atoms with Crippen LogP contribution in [0.5, 0.6) is 0 Å². The third kappa shape index (κ3) is 6.58. The van der Waals surface area contributed by atoms with Crippen LogP contribution in [0.2, 0.25) is 0 Å². The van der Waals surface area contributed by atoms with E-state index in [1.807, 2.05) is 17.9 Å². The van der Waals surface area contributed by atoms with Gasteiger partial charge < -0.3 is 10.6 Å². The molecule has 0 saturated carbocycles. The lowest BCUT2D eigenvalue weighted by molar-refractivity contribution is 0.729. The Bertz CT molecular complexity index is 691. The molecule has 0 amide bonds. The quantitative estimate of drug-likeness (QED) is 0.367. The van der Waals surface area contributed by atoms with Crippen LogP contribution in [-0.2, 0) is 19.9 Å². The first kappa shape index (κ1) is 21.9. The molecule has 140 valence electrons. The average molecular weight is 476 g/mol. The van der Waals surface area contributed by atoms with Crippen molar-refractivity contribution in [2.75, 3.05) is 19.6 Å². The van der Waals surface area contributed by atoms with Crippen molar-refractivity contribution < 1.29 is 0 Å². The maximum atomic E-state index is 4.64. The molecule has 0 atom stereocenters. The molecule has 0 aliphatic carbocycles. The zero-order valence-electron chi connectivity index (χ0n) is 15.7. The third-order valence-electron chi connectivity index (χ3n) is 3.94. The number of thiazole rings is 1. The van der Waals surface area contributed by atoms with Gasteiger partial charge in [-0.1, -0.05) is 0 Å². The SMILES string of the molecule is CCNC(=NCCc1ncc(C)s1)NCCc1c(C)nn(C)c1C.I. The number of rotatable bonds is 7. The van der Waals surface area contributed by atoms with Crippen molar-refractivity contribution in [2.24, 2.45) is 12.0 Å². The summed E-state index contributed by atoms with van der Waals surface area (Å²) in [5.74, 6) is 0.866. The first-order valence-electron chi connectivity index (χ1n) is 8.43. The van der Waals surface area contributed by atoms with Crippen LogP contribution in [0.4, 0.5) is 0 Å². The summed E-state index contributed by atoms with van der Waals surface area (Å²) < 4.78 is 1.94. The van der Waals surface area contributed by atoms with E-state index in [1.165, 1.54) is 16.1 Å². The van der Waals surface area contributed by atoms with E-state index in [0.29, 0.717) is 0 Å². The zero-order valence-corrected chi connectivity index (χ0v) is 18.9. The third-order valence-corrected chi connectivity index (χ3v) is 4.91. The minimum absolute atomic E-state index is 0. The Balaban J connectivity index is 0.00000312. The van der Waals surface area contributed by atoms with E-state index in [-0.39, 0.29) is 24.0 Å². The lowest BCUT2D eigenvalue weighted by atomic mass is 10.1. The molecule has 0 saturated heterocycles. The van der Waals surface area contributed by atoms with Crippen molar-refractivity contribution in [3.05, 3.63) is 33.0 Å². The highest BCUT2D eigenvalue weighted by atomic mass is 127. The summed E-state index contributed by atoms with van der Waals surface area (Å²) in [7, 11) is 1.99. The highest BCUT2D eigenvalue weighted by Crippen LogP contribution is 2.12. The number of aryl methyl sites for hydroxylation is 3. The van der Waals surface area contributed by atoms with Gasteiger partial charge in [-0.3, -0.25) is 9.67 Å². The fourth-order valence-electron chi connectivity index (χ4n) is 2.61. The smallest absolute Gasteiger partial charge is 0.191 e. The molecule has 6 nitrogen and oxygen atoms in total. The minimum Gasteiger partial charge on any atom is -0.357 e. The highest BCUT2D eigenvalue weighted by Gasteiger charge is 2.09. The van der Waals surface area contributed by atoms with Crippen LogP contribution in [0, 0.1) is 20.8 Å². The molecule has 2 N–H and O–H groups in total. The molecule has 0 bridgehead atoms.